The fourth-order valence-corrected chi connectivity index (χ4v) is 2.93. The first-order valence-corrected chi connectivity index (χ1v) is 9.56. The number of likely N-dealkylation sites (N-methyl/N-ethyl adjacent to an activating group) is 1. The molecule has 1 amide bonds. The van der Waals surface area contributed by atoms with Gasteiger partial charge in [0, 0.05) is 23.7 Å². The standard InChI is InChI=1S/C23H24F3N3O3/c1-6-16-10-17(12-18(11-16)23(24,25)26)15(3)28-32-13-20-14(2)8-7-9-19(20)21(29-31-5)22(30)27-4/h6-12H,1,13H2,2-5H3,(H,27,30)/b28-15+,29-21+. The molecule has 0 saturated heterocycles. The third-order valence-electron chi connectivity index (χ3n) is 4.64. The third-order valence-corrected chi connectivity index (χ3v) is 4.64. The molecule has 32 heavy (non-hydrogen) atoms. The zero-order chi connectivity index (χ0) is 23.9. The molecule has 0 fully saturated rings. The highest BCUT2D eigenvalue weighted by molar-refractivity contribution is 6.45. The van der Waals surface area contributed by atoms with Crippen LogP contribution in [0.2, 0.25) is 0 Å². The summed E-state index contributed by atoms with van der Waals surface area (Å²) >= 11 is 0. The molecule has 6 nitrogen and oxygen atoms in total. The second-order valence-corrected chi connectivity index (χ2v) is 6.80. The van der Waals surface area contributed by atoms with E-state index in [2.05, 4.69) is 22.2 Å². The smallest absolute Gasteiger partial charge is 0.398 e. The second kappa shape index (κ2) is 10.6. The number of rotatable bonds is 8. The Labute approximate surface area is 184 Å². The summed E-state index contributed by atoms with van der Waals surface area (Å²) in [5.41, 5.74) is 2.04. The number of carbonyl (C=O) groups excluding carboxylic acids is 1. The van der Waals surface area contributed by atoms with Crippen LogP contribution in [0.4, 0.5) is 13.2 Å². The van der Waals surface area contributed by atoms with E-state index in [0.29, 0.717) is 16.7 Å². The summed E-state index contributed by atoms with van der Waals surface area (Å²) < 4.78 is 39.5. The van der Waals surface area contributed by atoms with E-state index in [0.717, 1.165) is 17.7 Å². The van der Waals surface area contributed by atoms with Crippen LogP contribution < -0.4 is 5.32 Å². The maximum Gasteiger partial charge on any atom is 0.416 e. The van der Waals surface area contributed by atoms with E-state index in [-0.39, 0.29) is 23.6 Å². The largest absolute Gasteiger partial charge is 0.416 e. The summed E-state index contributed by atoms with van der Waals surface area (Å²) in [6, 6.07) is 8.84. The molecule has 1 N–H and O–H groups in total. The van der Waals surface area contributed by atoms with Crippen molar-refractivity contribution in [2.75, 3.05) is 14.2 Å². The van der Waals surface area contributed by atoms with Gasteiger partial charge >= 0.3 is 6.18 Å². The van der Waals surface area contributed by atoms with Crippen molar-refractivity contribution >= 4 is 23.4 Å². The Hall–Kier alpha value is -3.62. The number of oxime groups is 2. The average Bonchev–Trinajstić information content (AvgIpc) is 2.77. The number of halogens is 3. The van der Waals surface area contributed by atoms with Gasteiger partial charge in [-0.15, -0.1) is 0 Å². The van der Waals surface area contributed by atoms with Crippen LogP contribution in [0.5, 0.6) is 0 Å². The summed E-state index contributed by atoms with van der Waals surface area (Å²) in [6.45, 7) is 6.88. The lowest BCUT2D eigenvalue weighted by molar-refractivity contribution is -0.137. The SMILES string of the molecule is C=Cc1cc(/C(C)=N/OCc2c(C)cccc2/C(=N\OC)C(=O)NC)cc(C(F)(F)F)c1. The number of hydrogen-bond acceptors (Lipinski definition) is 5. The number of nitrogens with one attached hydrogen (secondary N) is 1. The fraction of sp³-hybridized carbons (Fsp3) is 0.261. The first-order valence-electron chi connectivity index (χ1n) is 9.56. The Morgan fingerprint density at radius 1 is 1.22 bits per heavy atom. The quantitative estimate of drug-likeness (QED) is 0.471. The Morgan fingerprint density at radius 3 is 2.53 bits per heavy atom. The van der Waals surface area contributed by atoms with Crippen molar-refractivity contribution in [1.82, 2.24) is 5.32 Å². The molecule has 0 aromatic heterocycles. The Morgan fingerprint density at radius 2 is 1.94 bits per heavy atom. The number of nitrogens with zero attached hydrogens (tertiary/aromatic N) is 2. The molecule has 0 aliphatic rings. The zero-order valence-electron chi connectivity index (χ0n) is 18.2. The molecule has 0 atom stereocenters. The average molecular weight is 447 g/mol. The Bertz CT molecular complexity index is 1060. The van der Waals surface area contributed by atoms with Gasteiger partial charge in [-0.3, -0.25) is 4.79 Å². The van der Waals surface area contributed by atoms with E-state index < -0.39 is 17.6 Å². The van der Waals surface area contributed by atoms with Crippen LogP contribution in [0, 0.1) is 6.92 Å². The van der Waals surface area contributed by atoms with Gasteiger partial charge in [-0.25, -0.2) is 0 Å². The van der Waals surface area contributed by atoms with Gasteiger partial charge in [0.1, 0.15) is 13.7 Å². The van der Waals surface area contributed by atoms with E-state index in [1.807, 2.05) is 13.0 Å². The van der Waals surface area contributed by atoms with Crippen molar-refractivity contribution in [2.45, 2.75) is 26.6 Å². The number of alkyl halides is 3. The van der Waals surface area contributed by atoms with Gasteiger partial charge < -0.3 is 15.0 Å². The Balaban J connectivity index is 2.35. The van der Waals surface area contributed by atoms with Crippen LogP contribution in [0.3, 0.4) is 0 Å². The lowest BCUT2D eigenvalue weighted by Gasteiger charge is -2.13. The first kappa shape index (κ1) is 24.6. The predicted molar refractivity (Wildman–Crippen MR) is 117 cm³/mol. The van der Waals surface area contributed by atoms with Gasteiger partial charge in [0.2, 0.25) is 0 Å². The molecule has 0 spiro atoms. The molecule has 170 valence electrons. The normalized spacial score (nSPS) is 12.3. The van der Waals surface area contributed by atoms with Crippen molar-refractivity contribution in [3.8, 4) is 0 Å². The van der Waals surface area contributed by atoms with Gasteiger partial charge in [-0.05, 0) is 43.2 Å². The van der Waals surface area contributed by atoms with Crippen molar-refractivity contribution in [3.63, 3.8) is 0 Å². The molecule has 2 aromatic carbocycles. The number of hydrogen-bond donors (Lipinski definition) is 1. The van der Waals surface area contributed by atoms with Crippen LogP contribution >= 0.6 is 0 Å². The third kappa shape index (κ3) is 5.96. The molecule has 0 heterocycles. The van der Waals surface area contributed by atoms with Crippen LogP contribution in [-0.4, -0.2) is 31.5 Å². The summed E-state index contributed by atoms with van der Waals surface area (Å²) in [5, 5.41) is 10.3. The molecule has 2 aromatic rings. The van der Waals surface area contributed by atoms with Crippen molar-refractivity contribution in [2.24, 2.45) is 10.3 Å². The van der Waals surface area contributed by atoms with E-state index in [1.165, 1.54) is 20.2 Å². The fourth-order valence-electron chi connectivity index (χ4n) is 2.93. The van der Waals surface area contributed by atoms with E-state index in [4.69, 9.17) is 9.68 Å². The number of aryl methyl sites for hydroxylation is 1. The van der Waals surface area contributed by atoms with E-state index >= 15 is 0 Å². The van der Waals surface area contributed by atoms with Crippen LogP contribution in [0.1, 0.15) is 40.3 Å². The van der Waals surface area contributed by atoms with Crippen molar-refractivity contribution in [3.05, 3.63) is 76.4 Å². The van der Waals surface area contributed by atoms with Gasteiger partial charge in [0.05, 0.1) is 11.3 Å². The van der Waals surface area contributed by atoms with Crippen molar-refractivity contribution in [1.29, 1.82) is 0 Å². The molecule has 0 saturated carbocycles. The second-order valence-electron chi connectivity index (χ2n) is 6.80. The number of carbonyl (C=O) groups is 1. The molecule has 0 aliphatic carbocycles. The lowest BCUT2D eigenvalue weighted by atomic mass is 9.98. The monoisotopic (exact) mass is 447 g/mol. The lowest BCUT2D eigenvalue weighted by Crippen LogP contribution is -2.29. The number of benzene rings is 2. The summed E-state index contributed by atoms with van der Waals surface area (Å²) in [6.07, 6.45) is -3.16. The van der Waals surface area contributed by atoms with E-state index in [9.17, 15) is 18.0 Å². The molecule has 0 bridgehead atoms. The van der Waals surface area contributed by atoms with Crippen LogP contribution in [-0.2, 0) is 27.3 Å². The molecule has 0 radical (unpaired) electrons. The molecule has 2 rings (SSSR count). The van der Waals surface area contributed by atoms with Crippen LogP contribution in [0.15, 0.2) is 53.3 Å². The summed E-state index contributed by atoms with van der Waals surface area (Å²) in [4.78, 5) is 22.5. The molecular weight excluding hydrogens is 423 g/mol. The van der Waals surface area contributed by atoms with Gasteiger partial charge in [-0.2, -0.15) is 13.2 Å². The maximum atomic E-state index is 13.2. The molecule has 0 unspecified atom stereocenters. The molecule has 9 heteroatoms. The van der Waals surface area contributed by atoms with E-state index in [1.54, 1.807) is 25.1 Å². The predicted octanol–water partition coefficient (Wildman–Crippen LogP) is 4.69. The summed E-state index contributed by atoms with van der Waals surface area (Å²) in [5.74, 6) is -0.445. The van der Waals surface area contributed by atoms with Crippen LogP contribution in [0.25, 0.3) is 6.08 Å². The minimum atomic E-state index is -4.50. The zero-order valence-corrected chi connectivity index (χ0v) is 18.2. The molecule has 0 aliphatic heterocycles. The first-order chi connectivity index (χ1) is 15.1. The summed E-state index contributed by atoms with van der Waals surface area (Å²) in [7, 11) is 2.80. The topological polar surface area (TPSA) is 72.3 Å². The minimum Gasteiger partial charge on any atom is -0.398 e. The molecular formula is C23H24F3N3O3. The van der Waals surface area contributed by atoms with Gasteiger partial charge in [0.25, 0.3) is 5.91 Å². The van der Waals surface area contributed by atoms with Gasteiger partial charge in [0.15, 0.2) is 5.71 Å². The van der Waals surface area contributed by atoms with Gasteiger partial charge in [-0.1, -0.05) is 41.2 Å². The highest BCUT2D eigenvalue weighted by Gasteiger charge is 2.31. The highest BCUT2D eigenvalue weighted by Crippen LogP contribution is 2.31. The highest BCUT2D eigenvalue weighted by atomic mass is 19.4. The maximum absolute atomic E-state index is 13.2. The minimum absolute atomic E-state index is 0.0354. The van der Waals surface area contributed by atoms with Crippen molar-refractivity contribution < 1.29 is 27.6 Å². The Kier molecular flexibility index (Phi) is 8.17. The number of amides is 1.